The minimum absolute atomic E-state index is 0.191. The molecular weight excluding hydrogens is 294 g/mol. The molecule has 0 aliphatic rings. The monoisotopic (exact) mass is 307 g/mol. The molecule has 2 rings (SSSR count). The molecule has 0 saturated heterocycles. The summed E-state index contributed by atoms with van der Waals surface area (Å²) in [5.74, 6) is 0.630. The fourth-order valence-corrected chi connectivity index (χ4v) is 2.02. The lowest BCUT2D eigenvalue weighted by molar-refractivity contribution is 0.214. The van der Waals surface area contributed by atoms with Gasteiger partial charge in [0.2, 0.25) is 0 Å². The quantitative estimate of drug-likeness (QED) is 0.485. The molecular formula is C12H13N5O3S. The van der Waals surface area contributed by atoms with Gasteiger partial charge in [0.25, 0.3) is 5.19 Å². The average Bonchev–Trinajstić information content (AvgIpc) is 2.90. The van der Waals surface area contributed by atoms with E-state index in [9.17, 15) is 4.79 Å². The Morgan fingerprint density at radius 3 is 2.81 bits per heavy atom. The van der Waals surface area contributed by atoms with Crippen LogP contribution in [-0.2, 0) is 4.84 Å². The maximum atomic E-state index is 11.0. The second-order valence-electron chi connectivity index (χ2n) is 3.72. The number of hydrogen-bond donors (Lipinski definition) is 2. The maximum absolute atomic E-state index is 11.0. The van der Waals surface area contributed by atoms with Crippen molar-refractivity contribution in [3.05, 3.63) is 40.3 Å². The maximum Gasteiger partial charge on any atom is 0.358 e. The predicted octanol–water partition coefficient (Wildman–Crippen LogP) is 0.961. The molecule has 0 aliphatic carbocycles. The molecule has 0 radical (unpaired) electrons. The summed E-state index contributed by atoms with van der Waals surface area (Å²) in [6, 6.07) is 7.03. The highest BCUT2D eigenvalue weighted by molar-refractivity contribution is 7.07. The summed E-state index contributed by atoms with van der Waals surface area (Å²) in [5, 5.41) is 4.06. The Bertz CT molecular complexity index is 734. The zero-order valence-electron chi connectivity index (χ0n) is 11.4. The summed E-state index contributed by atoms with van der Waals surface area (Å²) < 4.78 is 8.02. The normalized spacial score (nSPS) is 12.3. The molecule has 2 aromatic rings. The van der Waals surface area contributed by atoms with E-state index in [4.69, 9.17) is 15.3 Å². The topological polar surface area (TPSA) is 115 Å². The van der Waals surface area contributed by atoms with Crippen molar-refractivity contribution in [3.63, 3.8) is 0 Å². The van der Waals surface area contributed by atoms with Gasteiger partial charge >= 0.3 is 5.69 Å². The number of nitrogens with zero attached hydrogens (tertiary/aromatic N) is 3. The van der Waals surface area contributed by atoms with Gasteiger partial charge in [0.15, 0.2) is 5.71 Å². The lowest BCUT2D eigenvalue weighted by Crippen LogP contribution is -2.25. The Labute approximate surface area is 124 Å². The number of amidine groups is 1. The predicted molar refractivity (Wildman–Crippen MR) is 80.3 cm³/mol. The van der Waals surface area contributed by atoms with Gasteiger partial charge in [-0.2, -0.15) is 0 Å². The number of aromatic nitrogens is 2. The minimum atomic E-state index is -0.465. The van der Waals surface area contributed by atoms with Crippen LogP contribution >= 0.6 is 11.5 Å². The summed E-state index contributed by atoms with van der Waals surface area (Å²) >= 11 is 0.989. The largest absolute Gasteiger partial charge is 0.429 e. The molecule has 0 amide bonds. The van der Waals surface area contributed by atoms with Crippen molar-refractivity contribution in [2.45, 2.75) is 0 Å². The molecule has 0 bridgehead atoms. The number of para-hydroxylation sites is 1. The van der Waals surface area contributed by atoms with E-state index < -0.39 is 5.69 Å². The first-order valence-corrected chi connectivity index (χ1v) is 6.64. The lowest BCUT2D eigenvalue weighted by atomic mass is 10.1. The van der Waals surface area contributed by atoms with Crippen LogP contribution in [0.2, 0.25) is 0 Å². The molecule has 0 unspecified atom stereocenters. The number of aromatic amines is 1. The lowest BCUT2D eigenvalue weighted by Gasteiger charge is -2.10. The number of nitrogens with one attached hydrogen (secondary N) is 1. The van der Waals surface area contributed by atoms with E-state index in [1.165, 1.54) is 7.11 Å². The molecule has 0 aliphatic heterocycles. The van der Waals surface area contributed by atoms with E-state index in [1.807, 2.05) is 0 Å². The van der Waals surface area contributed by atoms with Crippen molar-refractivity contribution in [2.75, 3.05) is 14.2 Å². The van der Waals surface area contributed by atoms with Crippen molar-refractivity contribution in [1.29, 1.82) is 0 Å². The molecule has 0 saturated carbocycles. The van der Waals surface area contributed by atoms with E-state index in [2.05, 4.69) is 19.5 Å². The number of H-pyrrole nitrogens is 1. The summed E-state index contributed by atoms with van der Waals surface area (Å²) in [6.45, 7) is 0. The number of aliphatic imine (C=N–C) groups is 1. The minimum Gasteiger partial charge on any atom is -0.429 e. The highest BCUT2D eigenvalue weighted by Gasteiger charge is 2.16. The van der Waals surface area contributed by atoms with E-state index in [0.29, 0.717) is 17.0 Å². The van der Waals surface area contributed by atoms with E-state index >= 15 is 0 Å². The SMILES string of the molecule is CN=C(N)/C(=N/OC)c1ccccc1Oc1nc(=O)[nH]s1. The molecule has 1 heterocycles. The fraction of sp³-hybridized carbons (Fsp3) is 0.167. The van der Waals surface area contributed by atoms with E-state index in [1.54, 1.807) is 31.3 Å². The van der Waals surface area contributed by atoms with Gasteiger partial charge in [0.05, 0.1) is 5.56 Å². The number of ether oxygens (including phenoxy) is 1. The smallest absolute Gasteiger partial charge is 0.358 e. The first kappa shape index (κ1) is 14.7. The Balaban J connectivity index is 2.44. The van der Waals surface area contributed by atoms with Crippen molar-refractivity contribution in [3.8, 4) is 10.9 Å². The Morgan fingerprint density at radius 2 is 2.19 bits per heavy atom. The number of nitrogens with two attached hydrogens (primary N) is 1. The van der Waals surface area contributed by atoms with Crippen LogP contribution in [0.15, 0.2) is 39.2 Å². The third-order valence-corrected chi connectivity index (χ3v) is 3.05. The molecule has 9 heteroatoms. The number of benzene rings is 1. The summed E-state index contributed by atoms with van der Waals surface area (Å²) in [4.78, 5) is 23.4. The van der Waals surface area contributed by atoms with Gasteiger partial charge < -0.3 is 15.3 Å². The molecule has 0 fully saturated rings. The Morgan fingerprint density at radius 1 is 1.43 bits per heavy atom. The summed E-state index contributed by atoms with van der Waals surface area (Å²) in [6.07, 6.45) is 0. The van der Waals surface area contributed by atoms with Gasteiger partial charge in [-0.05, 0) is 12.1 Å². The molecule has 1 aromatic carbocycles. The molecule has 21 heavy (non-hydrogen) atoms. The zero-order chi connectivity index (χ0) is 15.2. The first-order valence-electron chi connectivity index (χ1n) is 5.82. The fourth-order valence-electron chi connectivity index (χ4n) is 1.54. The highest BCUT2D eigenvalue weighted by Crippen LogP contribution is 2.25. The molecule has 110 valence electrons. The van der Waals surface area contributed by atoms with Crippen LogP contribution in [0.5, 0.6) is 10.9 Å². The summed E-state index contributed by atoms with van der Waals surface area (Å²) in [7, 11) is 2.95. The van der Waals surface area contributed by atoms with Crippen LogP contribution < -0.4 is 16.2 Å². The van der Waals surface area contributed by atoms with Crippen LogP contribution in [0.25, 0.3) is 0 Å². The molecule has 8 nitrogen and oxygen atoms in total. The van der Waals surface area contributed by atoms with Crippen LogP contribution in [0.4, 0.5) is 0 Å². The van der Waals surface area contributed by atoms with Gasteiger partial charge in [-0.15, -0.1) is 4.98 Å². The highest BCUT2D eigenvalue weighted by atomic mass is 32.1. The number of rotatable bonds is 5. The van der Waals surface area contributed by atoms with Gasteiger partial charge in [-0.1, -0.05) is 17.3 Å². The van der Waals surface area contributed by atoms with Crippen LogP contribution in [0.1, 0.15) is 5.56 Å². The summed E-state index contributed by atoms with van der Waals surface area (Å²) in [5.41, 5.74) is 6.26. The average molecular weight is 307 g/mol. The molecule has 1 aromatic heterocycles. The Hall–Kier alpha value is -2.68. The van der Waals surface area contributed by atoms with Crippen molar-refractivity contribution >= 4 is 23.1 Å². The van der Waals surface area contributed by atoms with E-state index in [-0.39, 0.29) is 11.0 Å². The first-order chi connectivity index (χ1) is 10.2. The number of hydrogen-bond acceptors (Lipinski definition) is 7. The van der Waals surface area contributed by atoms with Gasteiger partial charge in [-0.3, -0.25) is 9.37 Å². The third kappa shape index (κ3) is 3.45. The second-order valence-corrected chi connectivity index (χ2v) is 4.47. The van der Waals surface area contributed by atoms with Crippen LogP contribution in [0, 0.1) is 0 Å². The van der Waals surface area contributed by atoms with Gasteiger partial charge in [0, 0.05) is 18.6 Å². The van der Waals surface area contributed by atoms with Crippen molar-refractivity contribution in [1.82, 2.24) is 9.36 Å². The van der Waals surface area contributed by atoms with Gasteiger partial charge in [0.1, 0.15) is 18.7 Å². The third-order valence-electron chi connectivity index (χ3n) is 2.42. The van der Waals surface area contributed by atoms with Gasteiger partial charge in [-0.25, -0.2) is 4.79 Å². The zero-order valence-corrected chi connectivity index (χ0v) is 12.2. The molecule has 0 atom stereocenters. The standard InChI is InChI=1S/C12H13N5O3S/c1-14-10(13)9(16-19-2)7-5-3-4-6-8(7)20-12-15-11(18)17-21-12/h3-6H,1-2H3,(H2,13,14)(H,17,18)/b16-9+. The van der Waals surface area contributed by atoms with Crippen molar-refractivity contribution in [2.24, 2.45) is 15.9 Å². The van der Waals surface area contributed by atoms with Crippen LogP contribution in [0.3, 0.4) is 0 Å². The van der Waals surface area contributed by atoms with E-state index in [0.717, 1.165) is 11.5 Å². The number of oxime groups is 1. The van der Waals surface area contributed by atoms with Crippen molar-refractivity contribution < 1.29 is 9.57 Å². The molecule has 0 spiro atoms. The molecule has 3 N–H and O–H groups in total. The van der Waals surface area contributed by atoms with Crippen LogP contribution in [-0.4, -0.2) is 35.1 Å². The Kier molecular flexibility index (Phi) is 4.67. The second kappa shape index (κ2) is 6.66.